The van der Waals surface area contributed by atoms with Gasteiger partial charge >= 0.3 is 17.9 Å². The predicted octanol–water partition coefficient (Wildman–Crippen LogP) is 23.7. The minimum atomic E-state index is -0.807. The molecule has 0 fully saturated rings. The van der Waals surface area contributed by atoms with Crippen LogP contribution >= 0.6 is 0 Å². The van der Waals surface area contributed by atoms with Crippen molar-refractivity contribution in [3.8, 4) is 0 Å². The molecule has 0 amide bonds. The molecule has 0 aliphatic heterocycles. The van der Waals surface area contributed by atoms with Crippen LogP contribution in [0.3, 0.4) is 0 Å². The number of unbranched alkanes of at least 4 members (excludes halogenated alkanes) is 23. The third-order valence-corrected chi connectivity index (χ3v) is 14.0. The molecule has 0 rings (SSSR count). The molecule has 0 saturated carbocycles. The molecule has 0 radical (unpaired) electrons. The van der Waals surface area contributed by atoms with Gasteiger partial charge in [0, 0.05) is 19.3 Å². The van der Waals surface area contributed by atoms with Crippen LogP contribution in [-0.2, 0) is 28.6 Å². The number of esters is 3. The van der Waals surface area contributed by atoms with Crippen LogP contribution in [0.25, 0.3) is 0 Å². The normalized spacial score (nSPS) is 13.1. The SMILES string of the molecule is CC/C=C\C/C=C\C/C=C\C/C=C\C/C=C\C/C=C\C/C=C\C/C=C\C/C=C\C/C=C\CCCCCCC(=O)OCC(COC(=O)CCCCCCC/C=C\CCCCCCC)OC(=O)CCCCCCC/C=C\C/C=C\CCCCCC. The summed E-state index contributed by atoms with van der Waals surface area (Å²) in [6.07, 6.45) is 101. The molecule has 1 unspecified atom stereocenters. The van der Waals surface area contributed by atoms with E-state index in [1.165, 1.54) is 77.0 Å². The van der Waals surface area contributed by atoms with Gasteiger partial charge in [-0.05, 0) is 154 Å². The van der Waals surface area contributed by atoms with E-state index in [4.69, 9.17) is 14.2 Å². The van der Waals surface area contributed by atoms with E-state index < -0.39 is 6.10 Å². The van der Waals surface area contributed by atoms with Gasteiger partial charge < -0.3 is 14.2 Å². The van der Waals surface area contributed by atoms with Crippen molar-refractivity contribution < 1.29 is 28.6 Å². The molecule has 0 aromatic heterocycles. The lowest BCUT2D eigenvalue weighted by atomic mass is 10.1. The summed E-state index contributed by atoms with van der Waals surface area (Å²) in [6.45, 7) is 6.46. The standard InChI is InChI=1S/C77H124O6/c1-4-7-10-13-16-19-22-25-28-30-31-32-33-34-35-36-37-38-39-40-41-42-43-44-45-46-47-48-50-52-55-58-61-64-67-70-76(79)82-73-74(72-81-75(78)69-66-63-60-57-54-51-27-24-21-18-15-12-9-6-3)83-77(80)71-68-65-62-59-56-53-49-29-26-23-20-17-14-11-8-5-2/h7,10,16,19-20,23-25,27-29,31-32,34-35,37-38,40-41,43-44,46-47,49-50,52,74H,4-6,8-9,11-15,17-18,21-22,26,30,33,36,39,42,45,48,51,53-73H2,1-3H3/b10-7-,19-16-,23-20-,27-24-,28-25-,32-31-,35-34-,38-37-,41-40-,44-43-,47-46-,49-29-,52-50-. The maximum absolute atomic E-state index is 12.9. The molecule has 0 N–H and O–H groups in total. The maximum Gasteiger partial charge on any atom is 0.306 e. The van der Waals surface area contributed by atoms with Crippen LogP contribution in [0, 0.1) is 0 Å². The Kier molecular flexibility index (Phi) is 65.4. The molecule has 83 heavy (non-hydrogen) atoms. The third kappa shape index (κ3) is 67.7. The molecule has 468 valence electrons. The van der Waals surface area contributed by atoms with Crippen LogP contribution in [0.5, 0.6) is 0 Å². The van der Waals surface area contributed by atoms with Gasteiger partial charge in [-0.3, -0.25) is 14.4 Å². The summed E-state index contributed by atoms with van der Waals surface area (Å²) in [6, 6.07) is 0. The molecule has 0 aromatic carbocycles. The van der Waals surface area contributed by atoms with E-state index in [1.807, 2.05) is 0 Å². The zero-order valence-corrected chi connectivity index (χ0v) is 53.7. The quantitative estimate of drug-likeness (QED) is 0.0261. The zero-order valence-electron chi connectivity index (χ0n) is 53.7. The van der Waals surface area contributed by atoms with Gasteiger partial charge in [0.2, 0.25) is 0 Å². The van der Waals surface area contributed by atoms with Gasteiger partial charge in [0.05, 0.1) is 0 Å². The first-order valence-electron chi connectivity index (χ1n) is 34.0. The topological polar surface area (TPSA) is 78.9 Å². The predicted molar refractivity (Wildman–Crippen MR) is 362 cm³/mol. The molecular weight excluding hydrogens is 1020 g/mol. The number of ether oxygens (including phenoxy) is 3. The van der Waals surface area contributed by atoms with Crippen LogP contribution in [-0.4, -0.2) is 37.2 Å². The molecule has 1 atom stereocenters. The van der Waals surface area contributed by atoms with Crippen LogP contribution in [0.15, 0.2) is 158 Å². The Labute approximate surface area is 511 Å². The molecule has 6 heteroatoms. The van der Waals surface area contributed by atoms with E-state index in [2.05, 4.69) is 179 Å². The van der Waals surface area contributed by atoms with E-state index in [0.717, 1.165) is 173 Å². The van der Waals surface area contributed by atoms with E-state index >= 15 is 0 Å². The van der Waals surface area contributed by atoms with E-state index in [0.29, 0.717) is 19.3 Å². The molecule has 0 saturated heterocycles. The molecule has 0 aromatic rings. The monoisotopic (exact) mass is 1140 g/mol. The highest BCUT2D eigenvalue weighted by atomic mass is 16.6. The number of rotatable bonds is 60. The minimum absolute atomic E-state index is 0.101. The number of hydrogen-bond acceptors (Lipinski definition) is 6. The lowest BCUT2D eigenvalue weighted by Gasteiger charge is -2.18. The number of allylic oxidation sites excluding steroid dienone is 26. The maximum atomic E-state index is 12.9. The van der Waals surface area contributed by atoms with Crippen molar-refractivity contribution in [2.45, 2.75) is 297 Å². The number of hydrogen-bond donors (Lipinski definition) is 0. The Morgan fingerprint density at radius 2 is 0.470 bits per heavy atom. The minimum Gasteiger partial charge on any atom is -0.462 e. The van der Waals surface area contributed by atoms with Crippen molar-refractivity contribution in [1.29, 1.82) is 0 Å². The second-order valence-corrected chi connectivity index (χ2v) is 22.0. The molecule has 0 aliphatic carbocycles. The second-order valence-electron chi connectivity index (χ2n) is 22.0. The summed E-state index contributed by atoms with van der Waals surface area (Å²) in [5, 5.41) is 0. The first-order chi connectivity index (χ1) is 41.0. The Hall–Kier alpha value is -4.97. The zero-order chi connectivity index (χ0) is 59.9. The van der Waals surface area contributed by atoms with Crippen molar-refractivity contribution in [3.05, 3.63) is 158 Å². The van der Waals surface area contributed by atoms with Gasteiger partial charge in [0.15, 0.2) is 6.10 Å². The molecule has 6 nitrogen and oxygen atoms in total. The number of carbonyl (C=O) groups is 3. The largest absolute Gasteiger partial charge is 0.462 e. The lowest BCUT2D eigenvalue weighted by molar-refractivity contribution is -0.167. The Balaban J connectivity index is 4.36. The van der Waals surface area contributed by atoms with Gasteiger partial charge in [-0.2, -0.15) is 0 Å². The van der Waals surface area contributed by atoms with Crippen LogP contribution < -0.4 is 0 Å². The summed E-state index contributed by atoms with van der Waals surface area (Å²) in [7, 11) is 0. The summed E-state index contributed by atoms with van der Waals surface area (Å²) in [4.78, 5) is 38.3. The third-order valence-electron chi connectivity index (χ3n) is 14.0. The summed E-state index contributed by atoms with van der Waals surface area (Å²) in [5.74, 6) is -0.948. The van der Waals surface area contributed by atoms with Crippen molar-refractivity contribution in [2.75, 3.05) is 13.2 Å². The highest BCUT2D eigenvalue weighted by Crippen LogP contribution is 2.14. The summed E-state index contributed by atoms with van der Waals surface area (Å²) >= 11 is 0. The Bertz CT molecular complexity index is 1840. The van der Waals surface area contributed by atoms with Gasteiger partial charge in [-0.15, -0.1) is 0 Å². The second kappa shape index (κ2) is 69.5. The average Bonchev–Trinajstić information content (AvgIpc) is 3.49. The summed E-state index contributed by atoms with van der Waals surface area (Å²) < 4.78 is 16.9. The van der Waals surface area contributed by atoms with Crippen molar-refractivity contribution in [3.63, 3.8) is 0 Å². The van der Waals surface area contributed by atoms with E-state index in [9.17, 15) is 14.4 Å². The summed E-state index contributed by atoms with van der Waals surface area (Å²) in [5.41, 5.74) is 0. The van der Waals surface area contributed by atoms with E-state index in [1.54, 1.807) is 0 Å². The van der Waals surface area contributed by atoms with Crippen LogP contribution in [0.1, 0.15) is 290 Å². The lowest BCUT2D eigenvalue weighted by Crippen LogP contribution is -2.30. The molecule has 0 heterocycles. The van der Waals surface area contributed by atoms with Crippen LogP contribution in [0.2, 0.25) is 0 Å². The Morgan fingerprint density at radius 1 is 0.253 bits per heavy atom. The highest BCUT2D eigenvalue weighted by molar-refractivity contribution is 5.71. The Morgan fingerprint density at radius 3 is 0.759 bits per heavy atom. The van der Waals surface area contributed by atoms with Crippen LogP contribution in [0.4, 0.5) is 0 Å². The van der Waals surface area contributed by atoms with Crippen molar-refractivity contribution >= 4 is 17.9 Å². The van der Waals surface area contributed by atoms with Gasteiger partial charge in [-0.1, -0.05) is 275 Å². The first-order valence-corrected chi connectivity index (χ1v) is 34.0. The average molecular weight is 1150 g/mol. The van der Waals surface area contributed by atoms with E-state index in [-0.39, 0.29) is 31.1 Å². The van der Waals surface area contributed by atoms with Gasteiger partial charge in [-0.25, -0.2) is 0 Å². The van der Waals surface area contributed by atoms with Crippen molar-refractivity contribution in [2.24, 2.45) is 0 Å². The molecule has 0 bridgehead atoms. The van der Waals surface area contributed by atoms with Gasteiger partial charge in [0.1, 0.15) is 13.2 Å². The van der Waals surface area contributed by atoms with Gasteiger partial charge in [0.25, 0.3) is 0 Å². The molecular formula is C77H124O6. The fraction of sp³-hybridized carbons (Fsp3) is 0.623. The number of carbonyl (C=O) groups excluding carboxylic acids is 3. The fourth-order valence-corrected chi connectivity index (χ4v) is 8.91. The highest BCUT2D eigenvalue weighted by Gasteiger charge is 2.19. The smallest absolute Gasteiger partial charge is 0.306 e. The molecule has 0 aliphatic rings. The molecule has 0 spiro atoms. The first kappa shape index (κ1) is 78.0. The fourth-order valence-electron chi connectivity index (χ4n) is 8.91. The van der Waals surface area contributed by atoms with Crippen molar-refractivity contribution in [1.82, 2.24) is 0 Å².